The predicted molar refractivity (Wildman–Crippen MR) is 168 cm³/mol. The van der Waals surface area contributed by atoms with Crippen LogP contribution in [-0.4, -0.2) is 29.9 Å². The van der Waals surface area contributed by atoms with Gasteiger partial charge in [-0.2, -0.15) is 0 Å². The van der Waals surface area contributed by atoms with Gasteiger partial charge in [0.15, 0.2) is 0 Å². The molecule has 8 rings (SSSR count). The molecule has 6 nitrogen and oxygen atoms in total. The minimum absolute atomic E-state index is 0.876. The second-order valence-electron chi connectivity index (χ2n) is 9.64. The van der Waals surface area contributed by atoms with E-state index >= 15 is 0 Å². The Morgan fingerprint density at radius 1 is 0.286 bits per heavy atom. The zero-order valence-corrected chi connectivity index (χ0v) is 22.5. The molecule has 0 bridgehead atoms. The molecule has 5 aromatic heterocycles. The van der Waals surface area contributed by atoms with Crippen LogP contribution >= 0.6 is 0 Å². The Hall–Kier alpha value is -5.88. The molecular formula is C36H24N6. The normalized spacial score (nSPS) is 10.9. The van der Waals surface area contributed by atoms with Gasteiger partial charge in [-0.3, -0.25) is 29.9 Å². The quantitative estimate of drug-likeness (QED) is 0.210. The van der Waals surface area contributed by atoms with Crippen LogP contribution in [0.2, 0.25) is 0 Å². The molecule has 3 aromatic carbocycles. The van der Waals surface area contributed by atoms with Crippen molar-refractivity contribution in [3.8, 4) is 33.6 Å². The first-order valence-corrected chi connectivity index (χ1v) is 13.6. The van der Waals surface area contributed by atoms with E-state index in [9.17, 15) is 0 Å². The highest BCUT2D eigenvalue weighted by Crippen LogP contribution is 2.30. The van der Waals surface area contributed by atoms with E-state index in [0.29, 0.717) is 0 Å². The number of hydrogen-bond donors (Lipinski definition) is 0. The van der Waals surface area contributed by atoms with Gasteiger partial charge in [-0.25, -0.2) is 0 Å². The summed E-state index contributed by atoms with van der Waals surface area (Å²) in [5.41, 5.74) is 9.92. The topological polar surface area (TPSA) is 77.3 Å². The van der Waals surface area contributed by atoms with Crippen molar-refractivity contribution in [2.45, 2.75) is 0 Å². The molecule has 0 unspecified atom stereocenters. The van der Waals surface area contributed by atoms with Gasteiger partial charge < -0.3 is 0 Å². The first-order chi connectivity index (χ1) is 20.8. The molecule has 5 heterocycles. The molecule has 0 N–H and O–H groups in total. The molecule has 0 fully saturated rings. The lowest BCUT2D eigenvalue weighted by Gasteiger charge is -2.07. The third-order valence-electron chi connectivity index (χ3n) is 7.04. The highest BCUT2D eigenvalue weighted by atomic mass is 14.8. The minimum atomic E-state index is 0.876. The van der Waals surface area contributed by atoms with Gasteiger partial charge in [0, 0.05) is 48.0 Å². The van der Waals surface area contributed by atoms with Crippen molar-refractivity contribution in [1.82, 2.24) is 29.9 Å². The molecule has 42 heavy (non-hydrogen) atoms. The molecule has 6 heteroatoms. The molecule has 0 aliphatic heterocycles. The summed E-state index contributed by atoms with van der Waals surface area (Å²) in [7, 11) is 0. The lowest BCUT2D eigenvalue weighted by Crippen LogP contribution is -1.91. The SMILES string of the molecule is c1ccc(-c2ccnc(-c3cc(-c4ccccc4)ccn3)c2)cc1.c1cnc2c(c1)c1nccnc1c1cccnc12. The van der Waals surface area contributed by atoms with Crippen LogP contribution in [0, 0.1) is 0 Å². The van der Waals surface area contributed by atoms with Gasteiger partial charge in [0.1, 0.15) is 0 Å². The van der Waals surface area contributed by atoms with Crippen LogP contribution in [0.1, 0.15) is 0 Å². The zero-order valence-electron chi connectivity index (χ0n) is 22.5. The Balaban J connectivity index is 0.000000142. The summed E-state index contributed by atoms with van der Waals surface area (Å²) in [6.07, 6.45) is 10.6. The van der Waals surface area contributed by atoms with Crippen LogP contribution in [0.3, 0.4) is 0 Å². The number of nitrogens with zero attached hydrogens (tertiary/aromatic N) is 6. The van der Waals surface area contributed by atoms with E-state index in [1.54, 1.807) is 24.8 Å². The van der Waals surface area contributed by atoms with Crippen molar-refractivity contribution in [3.63, 3.8) is 0 Å². The number of pyridine rings is 4. The van der Waals surface area contributed by atoms with Gasteiger partial charge in [0.25, 0.3) is 0 Å². The lowest BCUT2D eigenvalue weighted by molar-refractivity contribution is 1.25. The van der Waals surface area contributed by atoms with Crippen molar-refractivity contribution in [1.29, 1.82) is 0 Å². The molecule has 0 spiro atoms. The zero-order chi connectivity index (χ0) is 28.1. The van der Waals surface area contributed by atoms with Crippen molar-refractivity contribution in [2.75, 3.05) is 0 Å². The van der Waals surface area contributed by atoms with E-state index in [2.05, 4.69) is 66.3 Å². The highest BCUT2D eigenvalue weighted by molar-refractivity contribution is 6.20. The van der Waals surface area contributed by atoms with E-state index in [-0.39, 0.29) is 0 Å². The summed E-state index contributed by atoms with van der Waals surface area (Å²) in [5.74, 6) is 0. The molecule has 0 amide bonds. The molecule has 0 aliphatic rings. The lowest BCUT2D eigenvalue weighted by atomic mass is 10.0. The summed E-state index contributed by atoms with van der Waals surface area (Å²) in [6.45, 7) is 0. The monoisotopic (exact) mass is 540 g/mol. The van der Waals surface area contributed by atoms with Crippen LogP contribution < -0.4 is 0 Å². The standard InChI is InChI=1S/C22H16N2.C14H8N4/c1-3-7-17(8-4-1)19-11-13-23-21(15-19)22-16-20(12-14-24-22)18-9-5-2-6-10-18;1-3-9-11(15-5-1)12-10(4-2-6-16-12)14-13(9)17-7-8-18-14/h1-16H;1-8H. The van der Waals surface area contributed by atoms with Crippen molar-refractivity contribution in [2.24, 2.45) is 0 Å². The van der Waals surface area contributed by atoms with Crippen molar-refractivity contribution < 1.29 is 0 Å². The summed E-state index contributed by atoms with van der Waals surface area (Å²) in [4.78, 5) is 26.7. The molecule has 8 aromatic rings. The molecule has 0 saturated heterocycles. The minimum Gasteiger partial charge on any atom is -0.255 e. The van der Waals surface area contributed by atoms with E-state index in [1.165, 1.54) is 11.1 Å². The fourth-order valence-corrected chi connectivity index (χ4v) is 5.06. The van der Waals surface area contributed by atoms with Crippen LogP contribution in [0.25, 0.3) is 66.5 Å². The summed E-state index contributed by atoms with van der Waals surface area (Å²) < 4.78 is 0. The third kappa shape index (κ3) is 4.93. The fraction of sp³-hybridized carbons (Fsp3) is 0. The Morgan fingerprint density at radius 3 is 1.12 bits per heavy atom. The largest absolute Gasteiger partial charge is 0.255 e. The Kier molecular flexibility index (Phi) is 6.76. The van der Waals surface area contributed by atoms with Gasteiger partial charge in [0.05, 0.1) is 33.5 Å². The third-order valence-corrected chi connectivity index (χ3v) is 7.04. The number of aromatic nitrogens is 6. The number of benzene rings is 3. The predicted octanol–water partition coefficient (Wildman–Crippen LogP) is 8.20. The fourth-order valence-electron chi connectivity index (χ4n) is 5.06. The Labute approximate surface area is 242 Å². The smallest absolute Gasteiger partial charge is 0.0988 e. The van der Waals surface area contributed by atoms with Crippen LogP contribution in [0.5, 0.6) is 0 Å². The number of hydrogen-bond acceptors (Lipinski definition) is 6. The summed E-state index contributed by atoms with van der Waals surface area (Å²) >= 11 is 0. The average molecular weight is 541 g/mol. The highest BCUT2D eigenvalue weighted by Gasteiger charge is 2.11. The van der Waals surface area contributed by atoms with E-state index in [0.717, 1.165) is 55.4 Å². The van der Waals surface area contributed by atoms with Crippen LogP contribution in [0.15, 0.2) is 146 Å². The summed E-state index contributed by atoms with van der Waals surface area (Å²) in [5, 5.41) is 1.98. The maximum atomic E-state index is 4.51. The number of fused-ring (bicyclic) bond motifs is 6. The molecule has 0 aliphatic carbocycles. The van der Waals surface area contributed by atoms with Gasteiger partial charge in [-0.1, -0.05) is 60.7 Å². The average Bonchev–Trinajstić information content (AvgIpc) is 3.10. The Morgan fingerprint density at radius 2 is 0.690 bits per heavy atom. The molecule has 0 atom stereocenters. The van der Waals surface area contributed by atoms with E-state index in [1.807, 2.05) is 85.2 Å². The first kappa shape index (κ1) is 25.1. The summed E-state index contributed by atoms with van der Waals surface area (Å²) in [6, 6.07) is 36.7. The number of rotatable bonds is 3. The van der Waals surface area contributed by atoms with Gasteiger partial charge in [0.2, 0.25) is 0 Å². The second-order valence-corrected chi connectivity index (χ2v) is 9.64. The van der Waals surface area contributed by atoms with Crippen molar-refractivity contribution >= 4 is 32.8 Å². The van der Waals surface area contributed by atoms with Gasteiger partial charge in [-0.05, 0) is 70.8 Å². The second kappa shape index (κ2) is 11.3. The molecule has 0 saturated carbocycles. The van der Waals surface area contributed by atoms with Crippen LogP contribution in [0.4, 0.5) is 0 Å². The maximum Gasteiger partial charge on any atom is 0.0988 e. The molecule has 0 radical (unpaired) electrons. The van der Waals surface area contributed by atoms with Crippen molar-refractivity contribution in [3.05, 3.63) is 146 Å². The van der Waals surface area contributed by atoms with Gasteiger partial charge >= 0.3 is 0 Å². The molecular weight excluding hydrogens is 516 g/mol. The van der Waals surface area contributed by atoms with E-state index in [4.69, 9.17) is 0 Å². The maximum absolute atomic E-state index is 4.51. The van der Waals surface area contributed by atoms with Crippen LogP contribution in [-0.2, 0) is 0 Å². The first-order valence-electron chi connectivity index (χ1n) is 13.6. The molecule has 198 valence electrons. The van der Waals surface area contributed by atoms with E-state index < -0.39 is 0 Å². The Bertz CT molecular complexity index is 1850. The van der Waals surface area contributed by atoms with Gasteiger partial charge in [-0.15, -0.1) is 0 Å².